The summed E-state index contributed by atoms with van der Waals surface area (Å²) in [6, 6.07) is 17.9. The van der Waals surface area contributed by atoms with Crippen molar-refractivity contribution in [1.82, 2.24) is 14.5 Å². The molecule has 158 valence electrons. The number of hydrogen-bond donors (Lipinski definition) is 1. The molecule has 0 atom stereocenters. The van der Waals surface area contributed by atoms with Crippen molar-refractivity contribution in [1.29, 1.82) is 0 Å². The third-order valence-corrected chi connectivity index (χ3v) is 4.72. The molecule has 0 spiro atoms. The van der Waals surface area contributed by atoms with Gasteiger partial charge in [0.15, 0.2) is 5.82 Å². The van der Waals surface area contributed by atoms with Gasteiger partial charge in [-0.15, -0.1) is 0 Å². The highest BCUT2D eigenvalue weighted by atomic mass is 19.1. The van der Waals surface area contributed by atoms with Gasteiger partial charge < -0.3 is 19.1 Å². The summed E-state index contributed by atoms with van der Waals surface area (Å²) in [6.45, 7) is 0.816. The van der Waals surface area contributed by atoms with Gasteiger partial charge in [0.1, 0.15) is 18.1 Å². The molecule has 0 unspecified atom stereocenters. The molecule has 2 heterocycles. The van der Waals surface area contributed by atoms with Crippen molar-refractivity contribution >= 4 is 0 Å². The predicted octanol–water partition coefficient (Wildman–Crippen LogP) is 4.56. The van der Waals surface area contributed by atoms with Crippen LogP contribution in [-0.2, 0) is 24.5 Å². The molecule has 0 saturated heterocycles. The third-order valence-electron chi connectivity index (χ3n) is 4.72. The highest BCUT2D eigenvalue weighted by Crippen LogP contribution is 2.29. The molecular weight excluding hydrogens is 397 g/mol. The van der Waals surface area contributed by atoms with Crippen molar-refractivity contribution in [2.45, 2.75) is 19.8 Å². The van der Waals surface area contributed by atoms with E-state index < -0.39 is 0 Å². The lowest BCUT2D eigenvalue weighted by Gasteiger charge is -2.13. The quantitative estimate of drug-likeness (QED) is 0.453. The summed E-state index contributed by atoms with van der Waals surface area (Å²) in [4.78, 5) is 8.74. The number of halogens is 1. The van der Waals surface area contributed by atoms with Crippen LogP contribution in [0.1, 0.15) is 17.1 Å². The van der Waals surface area contributed by atoms with E-state index in [1.165, 1.54) is 12.1 Å². The van der Waals surface area contributed by atoms with Crippen molar-refractivity contribution < 1.29 is 19.0 Å². The van der Waals surface area contributed by atoms with Gasteiger partial charge >= 0.3 is 0 Å². The van der Waals surface area contributed by atoms with Gasteiger partial charge in [-0.1, -0.05) is 42.5 Å². The number of benzene rings is 2. The van der Waals surface area contributed by atoms with Gasteiger partial charge in [-0.25, -0.2) is 9.37 Å². The second kappa shape index (κ2) is 9.40. The molecule has 31 heavy (non-hydrogen) atoms. The monoisotopic (exact) mass is 419 g/mol. The fraction of sp³-hybridized carbons (Fsp3) is 0.167. The summed E-state index contributed by atoms with van der Waals surface area (Å²) in [6.07, 6.45) is 3.80. The van der Waals surface area contributed by atoms with Gasteiger partial charge in [0, 0.05) is 19.5 Å². The summed E-state index contributed by atoms with van der Waals surface area (Å²) in [7, 11) is 1.56. The first-order valence-electron chi connectivity index (χ1n) is 9.78. The van der Waals surface area contributed by atoms with Crippen LogP contribution in [0.25, 0.3) is 11.1 Å². The van der Waals surface area contributed by atoms with Crippen molar-refractivity contribution in [3.8, 4) is 22.8 Å². The van der Waals surface area contributed by atoms with Crippen LogP contribution < -0.4 is 4.74 Å². The highest BCUT2D eigenvalue weighted by molar-refractivity contribution is 5.62. The first-order valence-corrected chi connectivity index (χ1v) is 9.78. The molecule has 4 rings (SSSR count). The minimum absolute atomic E-state index is 0.180. The average molecular weight is 419 g/mol. The smallest absolute Gasteiger partial charge is 0.258 e. The summed E-state index contributed by atoms with van der Waals surface area (Å²) in [5, 5.41) is 10.5. The average Bonchev–Trinajstić information content (AvgIpc) is 3.23. The molecule has 0 aliphatic carbocycles. The molecule has 0 aliphatic rings. The van der Waals surface area contributed by atoms with Crippen LogP contribution >= 0.6 is 0 Å². The normalized spacial score (nSPS) is 10.9. The Morgan fingerprint density at radius 3 is 2.45 bits per heavy atom. The van der Waals surface area contributed by atoms with E-state index in [1.807, 2.05) is 53.4 Å². The fourth-order valence-electron chi connectivity index (χ4n) is 3.23. The van der Waals surface area contributed by atoms with E-state index in [9.17, 15) is 9.50 Å². The molecule has 0 aliphatic heterocycles. The topological polar surface area (TPSA) is 69.4 Å². The zero-order valence-corrected chi connectivity index (χ0v) is 17.0. The molecule has 4 aromatic rings. The maximum atomic E-state index is 13.2. The molecule has 0 bridgehead atoms. The fourth-order valence-corrected chi connectivity index (χ4v) is 3.23. The largest absolute Gasteiger partial charge is 0.491 e. The SMILES string of the molecule is COCc1nc(Cn2ccc(-c3ccc(F)cc3)c2)nc(O)c1OCc1ccccc1. The number of aromatic nitrogens is 3. The summed E-state index contributed by atoms with van der Waals surface area (Å²) in [5.41, 5.74) is 3.31. The minimum atomic E-state index is -0.271. The molecule has 0 radical (unpaired) electrons. The molecular formula is C24H22FN3O3. The molecule has 2 aromatic carbocycles. The van der Waals surface area contributed by atoms with Crippen LogP contribution in [0.5, 0.6) is 11.6 Å². The minimum Gasteiger partial charge on any atom is -0.491 e. The Bertz CT molecular complexity index is 1140. The number of rotatable bonds is 8. The summed E-state index contributed by atoms with van der Waals surface area (Å²) >= 11 is 0. The van der Waals surface area contributed by atoms with E-state index in [0.717, 1.165) is 16.7 Å². The predicted molar refractivity (Wildman–Crippen MR) is 114 cm³/mol. The Hall–Kier alpha value is -3.71. The van der Waals surface area contributed by atoms with Crippen molar-refractivity contribution in [3.63, 3.8) is 0 Å². The van der Waals surface area contributed by atoms with Gasteiger partial charge in [-0.2, -0.15) is 4.98 Å². The Balaban J connectivity index is 1.53. The van der Waals surface area contributed by atoms with Crippen molar-refractivity contribution in [2.75, 3.05) is 7.11 Å². The Morgan fingerprint density at radius 2 is 1.71 bits per heavy atom. The summed E-state index contributed by atoms with van der Waals surface area (Å²) < 4.78 is 26.1. The second-order valence-corrected chi connectivity index (χ2v) is 7.03. The zero-order valence-electron chi connectivity index (χ0n) is 17.0. The number of nitrogens with zero attached hydrogens (tertiary/aromatic N) is 3. The first-order chi connectivity index (χ1) is 15.1. The lowest BCUT2D eigenvalue weighted by molar-refractivity contribution is 0.172. The van der Waals surface area contributed by atoms with E-state index in [-0.39, 0.29) is 30.7 Å². The summed E-state index contributed by atoms with van der Waals surface area (Å²) in [5.74, 6) is 0.151. The first kappa shape index (κ1) is 20.6. The van der Waals surface area contributed by atoms with Gasteiger partial charge in [0.05, 0.1) is 13.2 Å². The molecule has 7 heteroatoms. The Kier molecular flexibility index (Phi) is 6.24. The molecule has 6 nitrogen and oxygen atoms in total. The third kappa shape index (κ3) is 5.07. The van der Waals surface area contributed by atoms with E-state index in [2.05, 4.69) is 9.97 Å². The van der Waals surface area contributed by atoms with Crippen LogP contribution in [0.15, 0.2) is 73.1 Å². The van der Waals surface area contributed by atoms with Crippen LogP contribution in [0.4, 0.5) is 4.39 Å². The Labute approximate surface area is 179 Å². The molecule has 0 saturated carbocycles. The number of hydrogen-bond acceptors (Lipinski definition) is 5. The van der Waals surface area contributed by atoms with E-state index in [1.54, 1.807) is 19.2 Å². The second-order valence-electron chi connectivity index (χ2n) is 7.03. The Morgan fingerprint density at radius 1 is 0.935 bits per heavy atom. The zero-order chi connectivity index (χ0) is 21.6. The standard InChI is InChI=1S/C24H22FN3O3/c1-30-16-21-23(31-15-17-5-3-2-4-6-17)24(29)27-22(26-21)14-28-12-11-19(13-28)18-7-9-20(25)10-8-18/h2-13H,14-16H2,1H3,(H,26,27,29). The number of ether oxygens (including phenoxy) is 2. The maximum absolute atomic E-state index is 13.2. The number of aromatic hydroxyl groups is 1. The van der Waals surface area contributed by atoms with E-state index in [4.69, 9.17) is 9.47 Å². The molecule has 0 amide bonds. The van der Waals surface area contributed by atoms with E-state index in [0.29, 0.717) is 18.1 Å². The molecule has 2 aromatic heterocycles. The molecule has 1 N–H and O–H groups in total. The van der Waals surface area contributed by atoms with Gasteiger partial charge in [-0.3, -0.25) is 0 Å². The van der Waals surface area contributed by atoms with Crippen LogP contribution in [0, 0.1) is 5.82 Å². The lowest BCUT2D eigenvalue weighted by atomic mass is 10.1. The van der Waals surface area contributed by atoms with Crippen LogP contribution in [0.2, 0.25) is 0 Å². The van der Waals surface area contributed by atoms with Gasteiger partial charge in [-0.05, 0) is 34.9 Å². The van der Waals surface area contributed by atoms with Crippen LogP contribution in [0.3, 0.4) is 0 Å². The van der Waals surface area contributed by atoms with Crippen LogP contribution in [-0.4, -0.2) is 26.8 Å². The van der Waals surface area contributed by atoms with E-state index >= 15 is 0 Å². The lowest BCUT2D eigenvalue weighted by Crippen LogP contribution is -2.09. The van der Waals surface area contributed by atoms with Gasteiger partial charge in [0.2, 0.25) is 5.75 Å². The molecule has 0 fully saturated rings. The highest BCUT2D eigenvalue weighted by Gasteiger charge is 2.16. The maximum Gasteiger partial charge on any atom is 0.258 e. The number of methoxy groups -OCH3 is 1. The van der Waals surface area contributed by atoms with Crippen molar-refractivity contribution in [3.05, 3.63) is 96.0 Å². The van der Waals surface area contributed by atoms with Crippen molar-refractivity contribution in [2.24, 2.45) is 0 Å². The van der Waals surface area contributed by atoms with Gasteiger partial charge in [0.25, 0.3) is 5.88 Å².